The number of carbonyl (C=O) groups is 1. The Morgan fingerprint density at radius 2 is 1.77 bits per heavy atom. The molecule has 0 bridgehead atoms. The number of rotatable bonds is 6. The van der Waals surface area contributed by atoms with Crippen LogP contribution in [0.25, 0.3) is 0 Å². The van der Waals surface area contributed by atoms with Gasteiger partial charge in [-0.25, -0.2) is 0 Å². The van der Waals surface area contributed by atoms with Crippen LogP contribution in [-0.2, 0) is 11.3 Å². The van der Waals surface area contributed by atoms with Gasteiger partial charge in [-0.05, 0) is 36.8 Å². The summed E-state index contributed by atoms with van der Waals surface area (Å²) < 4.78 is 0. The second-order valence-corrected chi connectivity index (χ2v) is 5.21. The van der Waals surface area contributed by atoms with Gasteiger partial charge < -0.3 is 10.0 Å². The molecule has 2 aromatic carbocycles. The van der Waals surface area contributed by atoms with Crippen molar-refractivity contribution >= 4 is 11.7 Å². The van der Waals surface area contributed by atoms with Crippen LogP contribution in [0.4, 0.5) is 5.69 Å². The molecule has 0 radical (unpaired) electrons. The van der Waals surface area contributed by atoms with E-state index < -0.39 is 5.97 Å². The van der Waals surface area contributed by atoms with Crippen molar-refractivity contribution in [2.75, 3.05) is 11.4 Å². The summed E-state index contributed by atoms with van der Waals surface area (Å²) >= 11 is 0. The Morgan fingerprint density at radius 3 is 2.32 bits per heavy atom. The number of aliphatic carboxylic acids is 1. The molecule has 0 aliphatic rings. The van der Waals surface area contributed by atoms with Crippen molar-refractivity contribution in [1.29, 1.82) is 5.26 Å². The van der Waals surface area contributed by atoms with Crippen molar-refractivity contribution in [3.63, 3.8) is 0 Å². The van der Waals surface area contributed by atoms with Crippen LogP contribution in [-0.4, -0.2) is 17.6 Å². The van der Waals surface area contributed by atoms with Crippen LogP contribution >= 0.6 is 0 Å². The molecule has 0 aliphatic carbocycles. The molecule has 0 saturated heterocycles. The Labute approximate surface area is 130 Å². The zero-order chi connectivity index (χ0) is 15.9. The van der Waals surface area contributed by atoms with Gasteiger partial charge in [-0.2, -0.15) is 5.26 Å². The zero-order valence-corrected chi connectivity index (χ0v) is 12.5. The van der Waals surface area contributed by atoms with Crippen LogP contribution in [0.15, 0.2) is 48.5 Å². The van der Waals surface area contributed by atoms with Gasteiger partial charge in [0.1, 0.15) is 0 Å². The molecule has 22 heavy (non-hydrogen) atoms. The number of nitriles is 1. The highest BCUT2D eigenvalue weighted by Crippen LogP contribution is 2.19. The number of carboxylic acid groups (broad SMARTS) is 1. The molecule has 2 aromatic rings. The lowest BCUT2D eigenvalue weighted by molar-refractivity contribution is -0.136. The van der Waals surface area contributed by atoms with Crippen molar-refractivity contribution in [1.82, 2.24) is 0 Å². The van der Waals surface area contributed by atoms with E-state index in [0.29, 0.717) is 18.7 Å². The maximum absolute atomic E-state index is 10.9. The first-order valence-corrected chi connectivity index (χ1v) is 7.11. The summed E-state index contributed by atoms with van der Waals surface area (Å²) in [5.74, 6) is -0.808. The summed E-state index contributed by atoms with van der Waals surface area (Å²) in [6, 6.07) is 17.5. The molecule has 0 saturated carbocycles. The van der Waals surface area contributed by atoms with E-state index in [1.807, 2.05) is 48.2 Å². The summed E-state index contributed by atoms with van der Waals surface area (Å²) in [5.41, 5.74) is 3.83. The molecule has 0 fully saturated rings. The quantitative estimate of drug-likeness (QED) is 0.887. The van der Waals surface area contributed by atoms with Gasteiger partial charge in [0.25, 0.3) is 0 Å². The Bertz CT molecular complexity index is 670. The number of benzene rings is 2. The van der Waals surface area contributed by atoms with Crippen molar-refractivity contribution < 1.29 is 9.90 Å². The minimum absolute atomic E-state index is 0.0875. The fourth-order valence-electron chi connectivity index (χ4n) is 2.19. The second kappa shape index (κ2) is 7.28. The highest BCUT2D eigenvalue weighted by Gasteiger charge is 2.09. The second-order valence-electron chi connectivity index (χ2n) is 5.21. The van der Waals surface area contributed by atoms with Gasteiger partial charge in [0.15, 0.2) is 0 Å². The van der Waals surface area contributed by atoms with Crippen molar-refractivity contribution in [2.45, 2.75) is 19.9 Å². The lowest BCUT2D eigenvalue weighted by Gasteiger charge is -2.24. The van der Waals surface area contributed by atoms with Gasteiger partial charge in [-0.1, -0.05) is 29.8 Å². The Morgan fingerprint density at radius 1 is 1.14 bits per heavy atom. The van der Waals surface area contributed by atoms with Crippen LogP contribution < -0.4 is 4.90 Å². The van der Waals surface area contributed by atoms with E-state index in [1.54, 1.807) is 12.1 Å². The molecular formula is C18H18N2O2. The molecular weight excluding hydrogens is 276 g/mol. The van der Waals surface area contributed by atoms with Crippen LogP contribution in [0, 0.1) is 18.3 Å². The Balaban J connectivity index is 2.17. The van der Waals surface area contributed by atoms with Gasteiger partial charge in [-0.3, -0.25) is 4.79 Å². The van der Waals surface area contributed by atoms with E-state index in [-0.39, 0.29) is 6.42 Å². The molecule has 112 valence electrons. The molecule has 0 heterocycles. The molecule has 4 heteroatoms. The molecule has 0 atom stereocenters. The predicted octanol–water partition coefficient (Wildman–Crippen LogP) is 3.35. The fourth-order valence-corrected chi connectivity index (χ4v) is 2.19. The summed E-state index contributed by atoms with van der Waals surface area (Å²) in [6.07, 6.45) is 0.0875. The third kappa shape index (κ3) is 4.35. The molecule has 0 amide bonds. The third-order valence-electron chi connectivity index (χ3n) is 3.45. The SMILES string of the molecule is Cc1ccc(N(CCC(=O)O)Cc2ccc(C#N)cc2)cc1. The van der Waals surface area contributed by atoms with Gasteiger partial charge in [0, 0.05) is 18.8 Å². The zero-order valence-electron chi connectivity index (χ0n) is 12.5. The van der Waals surface area contributed by atoms with Crippen molar-refractivity contribution in [2.24, 2.45) is 0 Å². The highest BCUT2D eigenvalue weighted by molar-refractivity contribution is 5.67. The molecule has 1 N–H and O–H groups in total. The molecule has 0 aliphatic heterocycles. The lowest BCUT2D eigenvalue weighted by atomic mass is 10.1. The van der Waals surface area contributed by atoms with E-state index in [0.717, 1.165) is 11.3 Å². The largest absolute Gasteiger partial charge is 0.481 e. The molecule has 2 rings (SSSR count). The summed E-state index contributed by atoms with van der Waals surface area (Å²) in [5, 5.41) is 17.8. The minimum atomic E-state index is -0.808. The van der Waals surface area contributed by atoms with Crippen molar-refractivity contribution in [3.05, 3.63) is 65.2 Å². The van der Waals surface area contributed by atoms with Crippen LogP contribution in [0.2, 0.25) is 0 Å². The van der Waals surface area contributed by atoms with E-state index >= 15 is 0 Å². The van der Waals surface area contributed by atoms with E-state index in [9.17, 15) is 4.79 Å². The molecule has 4 nitrogen and oxygen atoms in total. The number of hydrogen-bond acceptors (Lipinski definition) is 3. The number of hydrogen-bond donors (Lipinski definition) is 1. The normalized spacial score (nSPS) is 10.0. The molecule has 0 aromatic heterocycles. The Hall–Kier alpha value is -2.80. The molecule has 0 unspecified atom stereocenters. The lowest BCUT2D eigenvalue weighted by Crippen LogP contribution is -2.25. The number of anilines is 1. The maximum Gasteiger partial charge on any atom is 0.305 e. The number of aryl methyl sites for hydroxylation is 1. The number of carboxylic acids is 1. The smallest absolute Gasteiger partial charge is 0.305 e. The minimum Gasteiger partial charge on any atom is -0.481 e. The third-order valence-corrected chi connectivity index (χ3v) is 3.45. The van der Waals surface area contributed by atoms with E-state index in [2.05, 4.69) is 6.07 Å². The van der Waals surface area contributed by atoms with Gasteiger partial charge in [-0.15, -0.1) is 0 Å². The van der Waals surface area contributed by atoms with Crippen LogP contribution in [0.1, 0.15) is 23.1 Å². The summed E-state index contributed by atoms with van der Waals surface area (Å²) in [4.78, 5) is 12.9. The maximum atomic E-state index is 10.9. The summed E-state index contributed by atoms with van der Waals surface area (Å²) in [6.45, 7) is 3.08. The fraction of sp³-hybridized carbons (Fsp3) is 0.222. The van der Waals surface area contributed by atoms with Gasteiger partial charge >= 0.3 is 5.97 Å². The Kier molecular flexibility index (Phi) is 5.16. The van der Waals surface area contributed by atoms with Gasteiger partial charge in [0.05, 0.1) is 18.1 Å². The average Bonchev–Trinajstić information content (AvgIpc) is 2.53. The van der Waals surface area contributed by atoms with E-state index in [1.165, 1.54) is 5.56 Å². The number of nitrogens with zero attached hydrogens (tertiary/aromatic N) is 2. The standard InChI is InChI=1S/C18H18N2O2/c1-14-2-8-17(9-3-14)20(11-10-18(21)22)13-16-6-4-15(12-19)5-7-16/h2-9H,10-11,13H2,1H3,(H,21,22). The van der Waals surface area contributed by atoms with Crippen LogP contribution in [0.5, 0.6) is 0 Å². The first kappa shape index (κ1) is 15.6. The first-order valence-electron chi connectivity index (χ1n) is 7.11. The van der Waals surface area contributed by atoms with Crippen molar-refractivity contribution in [3.8, 4) is 6.07 Å². The van der Waals surface area contributed by atoms with Gasteiger partial charge in [0.2, 0.25) is 0 Å². The van der Waals surface area contributed by atoms with E-state index in [4.69, 9.17) is 10.4 Å². The highest BCUT2D eigenvalue weighted by atomic mass is 16.4. The van der Waals surface area contributed by atoms with Crippen LogP contribution in [0.3, 0.4) is 0 Å². The summed E-state index contributed by atoms with van der Waals surface area (Å²) in [7, 11) is 0. The first-order chi connectivity index (χ1) is 10.6. The monoisotopic (exact) mass is 294 g/mol. The predicted molar refractivity (Wildman–Crippen MR) is 85.6 cm³/mol. The molecule has 0 spiro atoms. The average molecular weight is 294 g/mol. The topological polar surface area (TPSA) is 64.3 Å².